The van der Waals surface area contributed by atoms with Crippen LogP contribution < -0.4 is 4.85 Å². The number of benzene rings is 2. The van der Waals surface area contributed by atoms with Gasteiger partial charge in [0.2, 0.25) is 5.69 Å². The van der Waals surface area contributed by atoms with E-state index in [1.54, 1.807) is 4.68 Å². The van der Waals surface area contributed by atoms with Crippen molar-refractivity contribution in [2.75, 3.05) is 0 Å². The van der Waals surface area contributed by atoms with E-state index in [4.69, 9.17) is 0 Å². The zero-order valence-corrected chi connectivity index (χ0v) is 11.4. The van der Waals surface area contributed by atoms with Gasteiger partial charge in [0, 0.05) is 12.5 Å². The van der Waals surface area contributed by atoms with Crippen LogP contribution in [-0.4, -0.2) is 4.68 Å². The number of hydrogen-bond acceptors (Lipinski definition) is 1. The quantitative estimate of drug-likeness (QED) is 0.527. The molecule has 20 heavy (non-hydrogen) atoms. The van der Waals surface area contributed by atoms with E-state index in [-0.39, 0.29) is 0 Å². The van der Waals surface area contributed by atoms with Crippen LogP contribution in [0, 0.1) is 5.21 Å². The summed E-state index contributed by atoms with van der Waals surface area (Å²) in [7, 11) is 0. The average molecular weight is 264 g/mol. The van der Waals surface area contributed by atoms with E-state index in [1.807, 2.05) is 61.7 Å². The highest BCUT2D eigenvalue weighted by Gasteiger charge is 2.11. The molecular formula is C17H16N2O. The van der Waals surface area contributed by atoms with Crippen molar-refractivity contribution in [1.82, 2.24) is 4.68 Å². The Morgan fingerprint density at radius 3 is 2.15 bits per heavy atom. The van der Waals surface area contributed by atoms with Crippen molar-refractivity contribution in [2.24, 2.45) is 0 Å². The third-order valence-corrected chi connectivity index (χ3v) is 3.45. The van der Waals surface area contributed by atoms with E-state index < -0.39 is 0 Å². The third kappa shape index (κ3) is 2.18. The summed E-state index contributed by atoms with van der Waals surface area (Å²) >= 11 is 0. The molecule has 0 saturated heterocycles. The normalized spacial score (nSPS) is 10.7. The Hall–Kier alpha value is -2.55. The predicted molar refractivity (Wildman–Crippen MR) is 79.5 cm³/mol. The van der Waals surface area contributed by atoms with E-state index in [1.165, 1.54) is 5.56 Å². The van der Waals surface area contributed by atoms with Gasteiger partial charge in [-0.1, -0.05) is 54.2 Å². The van der Waals surface area contributed by atoms with Gasteiger partial charge < -0.3 is 5.21 Å². The van der Waals surface area contributed by atoms with Gasteiger partial charge in [0.25, 0.3) is 0 Å². The van der Waals surface area contributed by atoms with E-state index in [0.29, 0.717) is 0 Å². The fourth-order valence-electron chi connectivity index (χ4n) is 2.30. The minimum Gasteiger partial charge on any atom is -0.595 e. The van der Waals surface area contributed by atoms with Crippen molar-refractivity contribution < 1.29 is 4.85 Å². The number of aromatic nitrogens is 2. The molecule has 1 aromatic heterocycles. The fourth-order valence-corrected chi connectivity index (χ4v) is 2.30. The van der Waals surface area contributed by atoms with Crippen molar-refractivity contribution in [3.8, 4) is 16.8 Å². The molecule has 0 amide bonds. The minimum atomic E-state index is 0.735. The second-order valence-corrected chi connectivity index (χ2v) is 4.69. The molecule has 1 heterocycles. The molecule has 0 aliphatic heterocycles. The predicted octanol–water partition coefficient (Wildman–Crippen LogP) is 3.34. The maximum Gasteiger partial charge on any atom is 0.221 e. The SMILES string of the molecule is CCc1ccn(-c2ccc(-c3ccccc3)cc2)[n+]1[O-]. The van der Waals surface area contributed by atoms with Crippen LogP contribution in [0.5, 0.6) is 0 Å². The lowest BCUT2D eigenvalue weighted by Gasteiger charge is -2.06. The third-order valence-electron chi connectivity index (χ3n) is 3.45. The van der Waals surface area contributed by atoms with Crippen LogP contribution in [0.15, 0.2) is 66.9 Å². The molecule has 0 N–H and O–H groups in total. The van der Waals surface area contributed by atoms with Crippen LogP contribution in [0.4, 0.5) is 0 Å². The maximum absolute atomic E-state index is 12.0. The first-order valence-corrected chi connectivity index (χ1v) is 6.75. The monoisotopic (exact) mass is 264 g/mol. The van der Waals surface area contributed by atoms with Gasteiger partial charge >= 0.3 is 0 Å². The largest absolute Gasteiger partial charge is 0.595 e. The van der Waals surface area contributed by atoms with Crippen molar-refractivity contribution in [2.45, 2.75) is 13.3 Å². The summed E-state index contributed by atoms with van der Waals surface area (Å²) in [6.07, 6.45) is 2.54. The smallest absolute Gasteiger partial charge is 0.221 e. The molecule has 0 radical (unpaired) electrons. The molecule has 0 atom stereocenters. The van der Waals surface area contributed by atoms with Gasteiger partial charge in [-0.15, -0.1) is 4.68 Å². The topological polar surface area (TPSA) is 31.9 Å². The van der Waals surface area contributed by atoms with E-state index in [9.17, 15) is 5.21 Å². The molecule has 0 fully saturated rings. The zero-order chi connectivity index (χ0) is 13.9. The molecule has 100 valence electrons. The first kappa shape index (κ1) is 12.5. The van der Waals surface area contributed by atoms with Crippen molar-refractivity contribution in [3.05, 3.63) is 77.8 Å². The molecule has 0 unspecified atom stereocenters. The summed E-state index contributed by atoms with van der Waals surface area (Å²) in [6, 6.07) is 20.1. The number of rotatable bonds is 3. The molecule has 3 nitrogen and oxygen atoms in total. The average Bonchev–Trinajstić information content (AvgIpc) is 2.89. The molecule has 0 spiro atoms. The first-order valence-electron chi connectivity index (χ1n) is 6.75. The standard InChI is InChI=1S/C17H16N2O/c1-2-16-12-13-18(19(16)20)17-10-8-15(9-11-17)14-6-4-3-5-7-14/h3-13H,2H2,1H3. The Balaban J connectivity index is 1.95. The van der Waals surface area contributed by atoms with Crippen molar-refractivity contribution >= 4 is 0 Å². The van der Waals surface area contributed by atoms with Crippen LogP contribution in [0.1, 0.15) is 12.6 Å². The summed E-state index contributed by atoms with van der Waals surface area (Å²) in [5.74, 6) is 0. The van der Waals surface area contributed by atoms with Crippen LogP contribution in [0.25, 0.3) is 16.8 Å². The molecule has 2 aromatic carbocycles. The Morgan fingerprint density at radius 1 is 0.900 bits per heavy atom. The van der Waals surface area contributed by atoms with E-state index >= 15 is 0 Å². The summed E-state index contributed by atoms with van der Waals surface area (Å²) in [5.41, 5.74) is 3.97. The summed E-state index contributed by atoms with van der Waals surface area (Å²) in [6.45, 7) is 1.98. The molecule has 0 bridgehead atoms. The second kappa shape index (κ2) is 5.21. The van der Waals surface area contributed by atoms with E-state index in [0.717, 1.165) is 28.2 Å². The Morgan fingerprint density at radius 2 is 1.55 bits per heavy atom. The lowest BCUT2D eigenvalue weighted by Crippen LogP contribution is -2.39. The van der Waals surface area contributed by atoms with Gasteiger partial charge in [0.15, 0.2) is 0 Å². The Bertz CT molecular complexity index is 700. The molecule has 0 saturated carbocycles. The van der Waals surface area contributed by atoms with Crippen LogP contribution in [0.2, 0.25) is 0 Å². The Kier molecular flexibility index (Phi) is 3.25. The summed E-state index contributed by atoms with van der Waals surface area (Å²) < 4.78 is 1.62. The lowest BCUT2D eigenvalue weighted by molar-refractivity contribution is -0.690. The summed E-state index contributed by atoms with van der Waals surface area (Å²) in [4.78, 5) is 0.942. The summed E-state index contributed by atoms with van der Waals surface area (Å²) in [5, 5.41) is 12.0. The van der Waals surface area contributed by atoms with Gasteiger partial charge in [-0.05, 0) is 23.3 Å². The van der Waals surface area contributed by atoms with Crippen molar-refractivity contribution in [3.63, 3.8) is 0 Å². The molecule has 3 heteroatoms. The lowest BCUT2D eigenvalue weighted by atomic mass is 10.1. The molecule has 3 rings (SSSR count). The highest BCUT2D eigenvalue weighted by atomic mass is 16.5. The number of aryl methyl sites for hydroxylation is 1. The van der Waals surface area contributed by atoms with Gasteiger partial charge in [0.05, 0.1) is 6.20 Å². The number of hydrogen-bond donors (Lipinski definition) is 0. The molecular weight excluding hydrogens is 248 g/mol. The van der Waals surface area contributed by atoms with Crippen LogP contribution in [-0.2, 0) is 6.42 Å². The van der Waals surface area contributed by atoms with Gasteiger partial charge in [-0.3, -0.25) is 0 Å². The maximum atomic E-state index is 12.0. The van der Waals surface area contributed by atoms with Gasteiger partial charge in [-0.2, -0.15) is 0 Å². The Labute approximate surface area is 118 Å². The molecule has 0 aliphatic carbocycles. The van der Waals surface area contributed by atoms with Crippen molar-refractivity contribution in [1.29, 1.82) is 0 Å². The first-order chi connectivity index (χ1) is 9.79. The second-order valence-electron chi connectivity index (χ2n) is 4.69. The minimum absolute atomic E-state index is 0.735. The highest BCUT2D eigenvalue weighted by Crippen LogP contribution is 2.20. The van der Waals surface area contributed by atoms with Gasteiger partial charge in [0.1, 0.15) is 5.69 Å². The van der Waals surface area contributed by atoms with Crippen LogP contribution >= 0.6 is 0 Å². The van der Waals surface area contributed by atoms with Gasteiger partial charge in [-0.25, -0.2) is 0 Å². The zero-order valence-electron chi connectivity index (χ0n) is 11.4. The molecule has 0 aliphatic rings. The fraction of sp³-hybridized carbons (Fsp3) is 0.118. The molecule has 3 aromatic rings. The van der Waals surface area contributed by atoms with E-state index in [2.05, 4.69) is 12.1 Å². The highest BCUT2D eigenvalue weighted by molar-refractivity contribution is 5.64. The van der Waals surface area contributed by atoms with Crippen LogP contribution in [0.3, 0.4) is 0 Å². The number of nitrogens with zero attached hydrogens (tertiary/aromatic N) is 2.